The van der Waals surface area contributed by atoms with E-state index in [4.69, 9.17) is 9.47 Å². The van der Waals surface area contributed by atoms with Gasteiger partial charge in [-0.3, -0.25) is 14.7 Å². The molecule has 0 bridgehead atoms. The van der Waals surface area contributed by atoms with Crippen LogP contribution in [0.25, 0.3) is 0 Å². The number of ether oxygens (including phenoxy) is 2. The second-order valence-electron chi connectivity index (χ2n) is 8.02. The smallest absolute Gasteiger partial charge is 0.309 e. The summed E-state index contributed by atoms with van der Waals surface area (Å²) in [6.07, 6.45) is 1.62. The molecule has 2 fully saturated rings. The Balaban J connectivity index is 1.60. The lowest BCUT2D eigenvalue weighted by Crippen LogP contribution is -2.50. The molecule has 30 heavy (non-hydrogen) atoms. The Hall–Kier alpha value is -2.12. The molecule has 166 valence electrons. The minimum absolute atomic E-state index is 0.00737. The summed E-state index contributed by atoms with van der Waals surface area (Å²) in [5, 5.41) is 3.60. The SMILES string of the molecule is CCOC(=O)C1CCN(C(=NC)NCC(c2ccc(C)cc2)N2CCOCC2)CC1. The van der Waals surface area contributed by atoms with Crippen molar-refractivity contribution < 1.29 is 14.3 Å². The van der Waals surface area contributed by atoms with Crippen molar-refractivity contribution in [3.63, 3.8) is 0 Å². The number of nitrogens with zero attached hydrogens (tertiary/aromatic N) is 3. The number of piperidine rings is 1. The summed E-state index contributed by atoms with van der Waals surface area (Å²) in [5.74, 6) is 0.850. The number of rotatable bonds is 6. The molecule has 1 atom stereocenters. The van der Waals surface area contributed by atoms with Gasteiger partial charge in [0.25, 0.3) is 0 Å². The molecule has 1 aromatic carbocycles. The molecule has 0 aromatic heterocycles. The molecule has 2 saturated heterocycles. The monoisotopic (exact) mass is 416 g/mol. The highest BCUT2D eigenvalue weighted by atomic mass is 16.5. The fourth-order valence-electron chi connectivity index (χ4n) is 4.24. The first-order valence-electron chi connectivity index (χ1n) is 11.1. The van der Waals surface area contributed by atoms with Gasteiger partial charge in [0.15, 0.2) is 5.96 Å². The largest absolute Gasteiger partial charge is 0.466 e. The van der Waals surface area contributed by atoms with E-state index in [2.05, 4.69) is 51.3 Å². The van der Waals surface area contributed by atoms with Gasteiger partial charge in [-0.05, 0) is 32.3 Å². The van der Waals surface area contributed by atoms with Gasteiger partial charge in [0.2, 0.25) is 0 Å². The lowest BCUT2D eigenvalue weighted by molar-refractivity contribution is -0.149. The number of likely N-dealkylation sites (tertiary alicyclic amines) is 1. The molecule has 1 N–H and O–H groups in total. The van der Waals surface area contributed by atoms with E-state index in [9.17, 15) is 4.79 Å². The van der Waals surface area contributed by atoms with Crippen LogP contribution in [0.4, 0.5) is 0 Å². The summed E-state index contributed by atoms with van der Waals surface area (Å²) in [5.41, 5.74) is 2.58. The highest BCUT2D eigenvalue weighted by Gasteiger charge is 2.28. The number of carbonyl (C=O) groups is 1. The number of esters is 1. The van der Waals surface area contributed by atoms with Gasteiger partial charge in [-0.25, -0.2) is 0 Å². The highest BCUT2D eigenvalue weighted by molar-refractivity contribution is 5.80. The van der Waals surface area contributed by atoms with Gasteiger partial charge in [-0.2, -0.15) is 0 Å². The van der Waals surface area contributed by atoms with Crippen molar-refractivity contribution in [1.82, 2.24) is 15.1 Å². The van der Waals surface area contributed by atoms with Gasteiger partial charge in [0.05, 0.1) is 31.8 Å². The Morgan fingerprint density at radius 2 is 1.87 bits per heavy atom. The third kappa shape index (κ3) is 5.95. The Kier molecular flexibility index (Phi) is 8.51. The van der Waals surface area contributed by atoms with Gasteiger partial charge in [0, 0.05) is 39.8 Å². The standard InChI is InChI=1S/C23H36N4O3/c1-4-30-22(28)20-9-11-27(12-10-20)23(24-3)25-17-21(26-13-15-29-16-14-26)19-7-5-18(2)6-8-19/h5-8,20-21H,4,9-17H2,1-3H3,(H,24,25). The van der Waals surface area contributed by atoms with Crippen LogP contribution in [0.2, 0.25) is 0 Å². The van der Waals surface area contributed by atoms with Crippen molar-refractivity contribution in [2.45, 2.75) is 32.7 Å². The van der Waals surface area contributed by atoms with E-state index in [1.54, 1.807) is 0 Å². The molecule has 3 rings (SSSR count). The Morgan fingerprint density at radius 3 is 2.47 bits per heavy atom. The maximum atomic E-state index is 12.0. The zero-order chi connectivity index (χ0) is 21.3. The first kappa shape index (κ1) is 22.6. The van der Waals surface area contributed by atoms with Gasteiger partial charge in [0.1, 0.15) is 0 Å². The van der Waals surface area contributed by atoms with Gasteiger partial charge < -0.3 is 19.7 Å². The molecular formula is C23H36N4O3. The number of carbonyl (C=O) groups excluding carboxylic acids is 1. The van der Waals surface area contributed by atoms with Crippen molar-refractivity contribution in [3.05, 3.63) is 35.4 Å². The van der Waals surface area contributed by atoms with Crippen LogP contribution < -0.4 is 5.32 Å². The first-order chi connectivity index (χ1) is 14.6. The van der Waals surface area contributed by atoms with Gasteiger partial charge in [-0.1, -0.05) is 29.8 Å². The molecule has 0 radical (unpaired) electrons. The van der Waals surface area contributed by atoms with E-state index in [1.165, 1.54) is 11.1 Å². The molecule has 2 aliphatic rings. The Bertz CT molecular complexity index is 693. The zero-order valence-corrected chi connectivity index (χ0v) is 18.6. The molecule has 2 aliphatic heterocycles. The van der Waals surface area contributed by atoms with Crippen molar-refractivity contribution in [1.29, 1.82) is 0 Å². The molecule has 7 nitrogen and oxygen atoms in total. The maximum Gasteiger partial charge on any atom is 0.309 e. The van der Waals surface area contributed by atoms with E-state index < -0.39 is 0 Å². The zero-order valence-electron chi connectivity index (χ0n) is 18.6. The van der Waals surface area contributed by atoms with Crippen LogP contribution in [0.1, 0.15) is 36.9 Å². The molecule has 0 aliphatic carbocycles. The highest BCUT2D eigenvalue weighted by Crippen LogP contribution is 2.23. The van der Waals surface area contributed by atoms with Crippen LogP contribution in [-0.4, -0.2) is 81.3 Å². The number of hydrogen-bond donors (Lipinski definition) is 1. The third-order valence-electron chi connectivity index (χ3n) is 6.03. The van der Waals surface area contributed by atoms with Crippen molar-refractivity contribution >= 4 is 11.9 Å². The summed E-state index contributed by atoms with van der Waals surface area (Å²) < 4.78 is 10.7. The predicted octanol–water partition coefficient (Wildman–Crippen LogP) is 2.22. The number of benzene rings is 1. The number of hydrogen-bond acceptors (Lipinski definition) is 5. The molecule has 2 heterocycles. The summed E-state index contributed by atoms with van der Waals surface area (Å²) in [7, 11) is 1.83. The second kappa shape index (κ2) is 11.3. The van der Waals surface area contributed by atoms with Crippen LogP contribution >= 0.6 is 0 Å². The van der Waals surface area contributed by atoms with Crippen molar-refractivity contribution in [2.75, 3.05) is 59.6 Å². The van der Waals surface area contributed by atoms with E-state index in [-0.39, 0.29) is 17.9 Å². The summed E-state index contributed by atoms with van der Waals surface area (Å²) in [4.78, 5) is 21.3. The van der Waals surface area contributed by atoms with Crippen LogP contribution in [0, 0.1) is 12.8 Å². The van der Waals surface area contributed by atoms with E-state index in [0.29, 0.717) is 6.61 Å². The lowest BCUT2D eigenvalue weighted by Gasteiger charge is -2.37. The maximum absolute atomic E-state index is 12.0. The lowest BCUT2D eigenvalue weighted by atomic mass is 9.97. The average molecular weight is 417 g/mol. The van der Waals surface area contributed by atoms with Crippen molar-refractivity contribution in [2.24, 2.45) is 10.9 Å². The second-order valence-corrected chi connectivity index (χ2v) is 8.02. The predicted molar refractivity (Wildman–Crippen MR) is 119 cm³/mol. The quantitative estimate of drug-likeness (QED) is 0.436. The minimum atomic E-state index is -0.0631. The van der Waals surface area contributed by atoms with Crippen LogP contribution in [0.3, 0.4) is 0 Å². The minimum Gasteiger partial charge on any atom is -0.466 e. The van der Waals surface area contributed by atoms with Gasteiger partial charge in [-0.15, -0.1) is 0 Å². The number of aliphatic imine (C=N–C) groups is 1. The molecule has 0 amide bonds. The fourth-order valence-corrected chi connectivity index (χ4v) is 4.24. The Labute approximate surface area is 180 Å². The summed E-state index contributed by atoms with van der Waals surface area (Å²) in [6.45, 7) is 10.3. The molecule has 1 aromatic rings. The fraction of sp³-hybridized carbons (Fsp3) is 0.652. The molecule has 1 unspecified atom stereocenters. The normalized spacial score (nSPS) is 20.1. The number of nitrogens with one attached hydrogen (secondary N) is 1. The molecule has 7 heteroatoms. The van der Waals surface area contributed by atoms with Gasteiger partial charge >= 0.3 is 5.97 Å². The molecule has 0 spiro atoms. The van der Waals surface area contributed by atoms with Crippen LogP contribution in [0.15, 0.2) is 29.3 Å². The third-order valence-corrected chi connectivity index (χ3v) is 6.03. The van der Waals surface area contributed by atoms with Crippen LogP contribution in [-0.2, 0) is 14.3 Å². The summed E-state index contributed by atoms with van der Waals surface area (Å²) in [6, 6.07) is 9.08. The number of morpholine rings is 1. The van der Waals surface area contributed by atoms with E-state index >= 15 is 0 Å². The summed E-state index contributed by atoms with van der Waals surface area (Å²) >= 11 is 0. The topological polar surface area (TPSA) is 66.4 Å². The van der Waals surface area contributed by atoms with E-state index in [1.807, 2.05) is 14.0 Å². The average Bonchev–Trinajstić information content (AvgIpc) is 2.79. The molecule has 0 saturated carbocycles. The number of aryl methyl sites for hydroxylation is 1. The Morgan fingerprint density at radius 1 is 1.20 bits per heavy atom. The van der Waals surface area contributed by atoms with Crippen molar-refractivity contribution in [3.8, 4) is 0 Å². The number of guanidine groups is 1. The van der Waals surface area contributed by atoms with E-state index in [0.717, 1.165) is 64.7 Å². The van der Waals surface area contributed by atoms with Crippen LogP contribution in [0.5, 0.6) is 0 Å². The first-order valence-corrected chi connectivity index (χ1v) is 11.1. The molecular weight excluding hydrogens is 380 g/mol.